The summed E-state index contributed by atoms with van der Waals surface area (Å²) in [4.78, 5) is 30.1. The van der Waals surface area contributed by atoms with Crippen molar-refractivity contribution in [2.75, 3.05) is 24.6 Å². The van der Waals surface area contributed by atoms with Crippen molar-refractivity contribution in [3.05, 3.63) is 59.0 Å². The molecule has 0 saturated carbocycles. The number of anilines is 1. The fourth-order valence-electron chi connectivity index (χ4n) is 2.89. The van der Waals surface area contributed by atoms with Crippen LogP contribution in [0.4, 0.5) is 9.93 Å². The van der Waals surface area contributed by atoms with Gasteiger partial charge in [-0.25, -0.2) is 4.98 Å². The Hall–Kier alpha value is -2.84. The number of aromatic nitrogens is 1. The van der Waals surface area contributed by atoms with Crippen molar-refractivity contribution in [3.63, 3.8) is 0 Å². The number of benzene rings is 2. The Morgan fingerprint density at radius 3 is 2.62 bits per heavy atom. The van der Waals surface area contributed by atoms with Gasteiger partial charge in [0.15, 0.2) is 5.13 Å². The summed E-state index contributed by atoms with van der Waals surface area (Å²) in [5, 5.41) is 2.91. The van der Waals surface area contributed by atoms with E-state index in [-0.39, 0.29) is 11.1 Å². The summed E-state index contributed by atoms with van der Waals surface area (Å²) >= 11 is 2.60. The highest BCUT2D eigenvalue weighted by Gasteiger charge is 2.24. The lowest BCUT2D eigenvalue weighted by Crippen LogP contribution is -2.27. The molecule has 1 aliphatic rings. The molecule has 4 rings (SSSR count). The summed E-state index contributed by atoms with van der Waals surface area (Å²) in [5.41, 5.74) is 1.86. The molecule has 2 amide bonds. The van der Waals surface area contributed by atoms with Crippen LogP contribution in [0.1, 0.15) is 12.5 Å². The number of nitrogens with one attached hydrogen (secondary N) is 1. The van der Waals surface area contributed by atoms with E-state index in [1.54, 1.807) is 17.4 Å². The maximum absolute atomic E-state index is 11.6. The first-order valence-electron chi connectivity index (χ1n) is 9.20. The van der Waals surface area contributed by atoms with Crippen LogP contribution in [0.15, 0.2) is 53.4 Å². The largest absolute Gasteiger partial charge is 0.492 e. The molecule has 0 atom stereocenters. The number of nitrogens with zero attached hydrogens (tertiary/aromatic N) is 2. The van der Waals surface area contributed by atoms with E-state index < -0.39 is 0 Å². The summed E-state index contributed by atoms with van der Waals surface area (Å²) < 4.78 is 7.06. The number of likely N-dealkylation sites (N-methyl/N-ethyl adjacent to an activating group) is 1. The van der Waals surface area contributed by atoms with Gasteiger partial charge in [-0.15, -0.1) is 0 Å². The standard InChI is InChI=1S/C21H19N3O3S2/c1-2-24(20-22-16-5-3-4-6-17(16)28-20)11-12-27-15-9-7-14(8-10-15)13-18-19(25)23-21(26)29-18/h3-10,13H,2,11-12H2,1H3,(H,23,25,26). The van der Waals surface area contributed by atoms with Crippen LogP contribution in [0, 0.1) is 0 Å². The number of ether oxygens (including phenoxy) is 1. The number of carbonyl (C=O) groups is 2. The van der Waals surface area contributed by atoms with Gasteiger partial charge in [0.2, 0.25) is 0 Å². The van der Waals surface area contributed by atoms with Crippen molar-refractivity contribution in [3.8, 4) is 5.75 Å². The Morgan fingerprint density at radius 2 is 1.93 bits per heavy atom. The van der Waals surface area contributed by atoms with Crippen LogP contribution < -0.4 is 15.0 Å². The van der Waals surface area contributed by atoms with Crippen LogP contribution in [0.5, 0.6) is 5.75 Å². The Labute approximate surface area is 176 Å². The zero-order chi connectivity index (χ0) is 20.2. The van der Waals surface area contributed by atoms with Gasteiger partial charge >= 0.3 is 0 Å². The smallest absolute Gasteiger partial charge is 0.290 e. The van der Waals surface area contributed by atoms with Crippen LogP contribution in [0.3, 0.4) is 0 Å². The lowest BCUT2D eigenvalue weighted by Gasteiger charge is -2.19. The number of carbonyl (C=O) groups excluding carboxylic acids is 2. The van der Waals surface area contributed by atoms with E-state index in [0.717, 1.165) is 46.8 Å². The second-order valence-corrected chi connectivity index (χ2v) is 8.34. The predicted molar refractivity (Wildman–Crippen MR) is 119 cm³/mol. The number of amides is 2. The lowest BCUT2D eigenvalue weighted by molar-refractivity contribution is -0.115. The first-order chi connectivity index (χ1) is 14.1. The van der Waals surface area contributed by atoms with Crippen LogP contribution >= 0.6 is 23.1 Å². The average molecular weight is 426 g/mol. The zero-order valence-electron chi connectivity index (χ0n) is 15.8. The van der Waals surface area contributed by atoms with Gasteiger partial charge in [-0.3, -0.25) is 14.9 Å². The average Bonchev–Trinajstić information content (AvgIpc) is 3.29. The fourth-order valence-corrected chi connectivity index (χ4v) is 4.63. The SMILES string of the molecule is CCN(CCOc1ccc(C=C2SC(=O)NC2=O)cc1)c1nc2ccccc2s1. The van der Waals surface area contributed by atoms with Crippen molar-refractivity contribution in [2.45, 2.75) is 6.92 Å². The van der Waals surface area contributed by atoms with Crippen molar-refractivity contribution in [2.24, 2.45) is 0 Å². The molecule has 8 heteroatoms. The molecule has 1 fully saturated rings. The van der Waals surface area contributed by atoms with E-state index in [0.29, 0.717) is 11.5 Å². The Kier molecular flexibility index (Phi) is 5.82. The molecule has 0 aliphatic carbocycles. The van der Waals surface area contributed by atoms with Gasteiger partial charge in [0.05, 0.1) is 21.7 Å². The van der Waals surface area contributed by atoms with Gasteiger partial charge in [-0.2, -0.15) is 0 Å². The van der Waals surface area contributed by atoms with E-state index in [9.17, 15) is 9.59 Å². The number of imide groups is 1. The molecule has 1 N–H and O–H groups in total. The van der Waals surface area contributed by atoms with Crippen LogP contribution in [-0.2, 0) is 4.79 Å². The predicted octanol–water partition coefficient (Wildman–Crippen LogP) is 4.53. The molecule has 3 aromatic rings. The maximum Gasteiger partial charge on any atom is 0.290 e. The molecule has 0 radical (unpaired) electrons. The Balaban J connectivity index is 1.34. The molecular formula is C21H19N3O3S2. The summed E-state index contributed by atoms with van der Waals surface area (Å²) in [6.07, 6.45) is 1.70. The number of hydrogen-bond acceptors (Lipinski definition) is 7. The molecule has 0 unspecified atom stereocenters. The van der Waals surface area contributed by atoms with Crippen molar-refractivity contribution in [1.82, 2.24) is 10.3 Å². The van der Waals surface area contributed by atoms with E-state index >= 15 is 0 Å². The molecule has 6 nitrogen and oxygen atoms in total. The third-order valence-electron chi connectivity index (χ3n) is 4.38. The van der Waals surface area contributed by atoms with Gasteiger partial charge in [0.25, 0.3) is 11.1 Å². The number of hydrogen-bond donors (Lipinski definition) is 1. The number of thiazole rings is 1. The second-order valence-electron chi connectivity index (χ2n) is 6.31. The zero-order valence-corrected chi connectivity index (χ0v) is 17.4. The third kappa shape index (κ3) is 4.60. The minimum atomic E-state index is -0.352. The van der Waals surface area contributed by atoms with Crippen LogP contribution in [0.2, 0.25) is 0 Å². The summed E-state index contributed by atoms with van der Waals surface area (Å²) in [6.45, 7) is 4.24. The molecular weight excluding hydrogens is 406 g/mol. The maximum atomic E-state index is 11.6. The topological polar surface area (TPSA) is 71.5 Å². The molecule has 2 aromatic carbocycles. The Morgan fingerprint density at radius 1 is 1.14 bits per heavy atom. The number of para-hydroxylation sites is 1. The van der Waals surface area contributed by atoms with Gasteiger partial charge in [0, 0.05) is 6.54 Å². The van der Waals surface area contributed by atoms with Gasteiger partial charge in [0.1, 0.15) is 12.4 Å². The van der Waals surface area contributed by atoms with Crippen molar-refractivity contribution in [1.29, 1.82) is 0 Å². The summed E-state index contributed by atoms with van der Waals surface area (Å²) in [7, 11) is 0. The van der Waals surface area contributed by atoms with Gasteiger partial charge in [-0.1, -0.05) is 35.6 Å². The minimum absolute atomic E-state index is 0.338. The van der Waals surface area contributed by atoms with Crippen molar-refractivity contribution < 1.29 is 14.3 Å². The monoisotopic (exact) mass is 425 g/mol. The van der Waals surface area contributed by atoms with Gasteiger partial charge < -0.3 is 9.64 Å². The second kappa shape index (κ2) is 8.67. The van der Waals surface area contributed by atoms with Gasteiger partial charge in [-0.05, 0) is 54.6 Å². The molecule has 1 aromatic heterocycles. The highest BCUT2D eigenvalue weighted by Crippen LogP contribution is 2.28. The molecule has 148 valence electrons. The minimum Gasteiger partial charge on any atom is -0.492 e. The third-order valence-corrected chi connectivity index (χ3v) is 6.29. The molecule has 1 saturated heterocycles. The lowest BCUT2D eigenvalue weighted by atomic mass is 10.2. The summed E-state index contributed by atoms with van der Waals surface area (Å²) in [6, 6.07) is 15.6. The molecule has 0 spiro atoms. The number of fused-ring (bicyclic) bond motifs is 1. The molecule has 2 heterocycles. The van der Waals surface area contributed by atoms with Crippen LogP contribution in [-0.4, -0.2) is 35.8 Å². The van der Waals surface area contributed by atoms with E-state index in [4.69, 9.17) is 9.72 Å². The first-order valence-corrected chi connectivity index (χ1v) is 10.8. The fraction of sp³-hybridized carbons (Fsp3) is 0.190. The van der Waals surface area contributed by atoms with E-state index in [1.165, 1.54) is 4.70 Å². The summed E-state index contributed by atoms with van der Waals surface area (Å²) in [5.74, 6) is 0.405. The highest BCUT2D eigenvalue weighted by molar-refractivity contribution is 8.18. The quantitative estimate of drug-likeness (QED) is 0.561. The number of rotatable bonds is 7. The molecule has 0 bridgehead atoms. The van der Waals surface area contributed by atoms with E-state index in [1.807, 2.05) is 42.5 Å². The van der Waals surface area contributed by atoms with E-state index in [2.05, 4.69) is 23.2 Å². The molecule has 1 aliphatic heterocycles. The highest BCUT2D eigenvalue weighted by atomic mass is 32.2. The molecule has 29 heavy (non-hydrogen) atoms. The normalized spacial score (nSPS) is 15.1. The number of thioether (sulfide) groups is 1. The Bertz CT molecular complexity index is 1040. The van der Waals surface area contributed by atoms with Crippen LogP contribution in [0.25, 0.3) is 16.3 Å². The first kappa shape index (κ1) is 19.5. The van der Waals surface area contributed by atoms with Crippen molar-refractivity contribution >= 4 is 55.7 Å².